The van der Waals surface area contributed by atoms with Gasteiger partial charge in [0.05, 0.1) is 36.2 Å². The molecule has 0 saturated carbocycles. The van der Waals surface area contributed by atoms with Gasteiger partial charge in [0.2, 0.25) is 10.0 Å². The molecule has 0 aliphatic carbocycles. The van der Waals surface area contributed by atoms with Crippen LogP contribution in [-0.4, -0.2) is 99.7 Å². The highest BCUT2D eigenvalue weighted by Gasteiger charge is 2.37. The summed E-state index contributed by atoms with van der Waals surface area (Å²) in [5.74, 6) is -1.71. The van der Waals surface area contributed by atoms with E-state index in [-0.39, 0.29) is 30.3 Å². The third-order valence-electron chi connectivity index (χ3n) is 5.06. The molecule has 2 saturated heterocycles. The normalized spacial score (nSPS) is 20.1. The van der Waals surface area contributed by atoms with E-state index in [1.807, 2.05) is 0 Å². The van der Waals surface area contributed by atoms with Crippen molar-refractivity contribution in [3.05, 3.63) is 34.4 Å². The SMILES string of the molecule is O=C(NCCN1CCOCC1)C(=O)NC[C@@H]1OCCN1S(=O)(=O)c1ccc([N+](=O)[O-])cc1. The summed E-state index contributed by atoms with van der Waals surface area (Å²) in [5.41, 5.74) is -0.231. The Hall–Kier alpha value is -2.65. The van der Waals surface area contributed by atoms with E-state index in [1.54, 1.807) is 0 Å². The van der Waals surface area contributed by atoms with Crippen LogP contribution in [0.15, 0.2) is 29.2 Å². The molecule has 0 radical (unpaired) electrons. The summed E-state index contributed by atoms with van der Waals surface area (Å²) in [5, 5.41) is 15.7. The van der Waals surface area contributed by atoms with Crippen LogP contribution in [0.4, 0.5) is 5.69 Å². The largest absolute Gasteiger partial charge is 0.379 e. The molecule has 176 valence electrons. The predicted octanol–water partition coefficient (Wildman–Crippen LogP) is -1.49. The van der Waals surface area contributed by atoms with Crippen LogP contribution in [0.1, 0.15) is 0 Å². The van der Waals surface area contributed by atoms with Gasteiger partial charge in [-0.1, -0.05) is 0 Å². The van der Waals surface area contributed by atoms with Crippen molar-refractivity contribution in [3.8, 4) is 0 Å². The molecule has 13 nitrogen and oxygen atoms in total. The molecule has 0 bridgehead atoms. The summed E-state index contributed by atoms with van der Waals surface area (Å²) >= 11 is 0. The summed E-state index contributed by atoms with van der Waals surface area (Å²) in [4.78, 5) is 36.2. The van der Waals surface area contributed by atoms with E-state index in [9.17, 15) is 28.1 Å². The molecule has 2 heterocycles. The first kappa shape index (κ1) is 24.0. The highest BCUT2D eigenvalue weighted by molar-refractivity contribution is 7.89. The number of nitrogens with zero attached hydrogens (tertiary/aromatic N) is 3. The first-order chi connectivity index (χ1) is 15.3. The maximum Gasteiger partial charge on any atom is 0.309 e. The fourth-order valence-electron chi connectivity index (χ4n) is 3.31. The number of carbonyl (C=O) groups is 2. The zero-order valence-corrected chi connectivity index (χ0v) is 18.1. The molecule has 2 fully saturated rings. The van der Waals surface area contributed by atoms with Crippen molar-refractivity contribution in [1.29, 1.82) is 0 Å². The van der Waals surface area contributed by atoms with E-state index in [0.717, 1.165) is 41.7 Å². The van der Waals surface area contributed by atoms with Crippen LogP contribution < -0.4 is 10.6 Å². The van der Waals surface area contributed by atoms with Gasteiger partial charge in [0.15, 0.2) is 0 Å². The number of benzene rings is 1. The van der Waals surface area contributed by atoms with Crippen molar-refractivity contribution in [2.24, 2.45) is 0 Å². The third kappa shape index (κ3) is 5.98. The predicted molar refractivity (Wildman–Crippen MR) is 110 cm³/mol. The third-order valence-corrected chi connectivity index (χ3v) is 6.96. The van der Waals surface area contributed by atoms with Crippen molar-refractivity contribution in [1.82, 2.24) is 19.8 Å². The number of hydrogen-bond acceptors (Lipinski definition) is 9. The van der Waals surface area contributed by atoms with Crippen LogP contribution >= 0.6 is 0 Å². The number of nitro groups is 1. The van der Waals surface area contributed by atoms with E-state index in [1.165, 1.54) is 0 Å². The Morgan fingerprint density at radius 3 is 2.38 bits per heavy atom. The summed E-state index contributed by atoms with van der Waals surface area (Å²) in [7, 11) is -4.01. The number of hydrogen-bond donors (Lipinski definition) is 2. The Morgan fingerprint density at radius 1 is 1.06 bits per heavy atom. The van der Waals surface area contributed by atoms with Gasteiger partial charge >= 0.3 is 11.8 Å². The molecule has 0 unspecified atom stereocenters. The zero-order chi connectivity index (χ0) is 23.1. The number of morpholine rings is 1. The van der Waals surface area contributed by atoms with Gasteiger partial charge in [-0.3, -0.25) is 24.6 Å². The highest BCUT2D eigenvalue weighted by Crippen LogP contribution is 2.24. The molecule has 1 atom stereocenters. The molecule has 0 spiro atoms. The van der Waals surface area contributed by atoms with E-state index in [2.05, 4.69) is 15.5 Å². The second-order valence-electron chi connectivity index (χ2n) is 7.11. The number of amides is 2. The van der Waals surface area contributed by atoms with Gasteiger partial charge in [0, 0.05) is 44.9 Å². The van der Waals surface area contributed by atoms with E-state index in [0.29, 0.717) is 26.3 Å². The van der Waals surface area contributed by atoms with Crippen LogP contribution in [0.25, 0.3) is 0 Å². The van der Waals surface area contributed by atoms with Crippen molar-refractivity contribution in [2.45, 2.75) is 11.1 Å². The first-order valence-corrected chi connectivity index (χ1v) is 11.5. The second-order valence-corrected chi connectivity index (χ2v) is 9.00. The van der Waals surface area contributed by atoms with Crippen LogP contribution in [0.3, 0.4) is 0 Å². The molecular weight excluding hydrogens is 446 g/mol. The van der Waals surface area contributed by atoms with Gasteiger partial charge in [-0.25, -0.2) is 8.42 Å². The number of nitro benzene ring substituents is 1. The lowest BCUT2D eigenvalue weighted by Crippen LogP contribution is -2.48. The van der Waals surface area contributed by atoms with Crippen LogP contribution in [0.5, 0.6) is 0 Å². The Morgan fingerprint density at radius 2 is 1.72 bits per heavy atom. The lowest BCUT2D eigenvalue weighted by atomic mass is 10.3. The maximum atomic E-state index is 12.9. The Bertz CT molecular complexity index is 933. The molecule has 14 heteroatoms. The summed E-state index contributed by atoms with van der Waals surface area (Å²) in [6, 6.07) is 4.48. The minimum Gasteiger partial charge on any atom is -0.379 e. The van der Waals surface area contributed by atoms with Gasteiger partial charge in [-0.05, 0) is 12.1 Å². The number of nitrogens with one attached hydrogen (secondary N) is 2. The Kier molecular flexibility index (Phi) is 8.09. The quantitative estimate of drug-likeness (QED) is 0.261. The van der Waals surface area contributed by atoms with Crippen molar-refractivity contribution >= 4 is 27.5 Å². The molecule has 0 aromatic heterocycles. The molecular formula is C18H25N5O8S. The molecule has 2 aliphatic heterocycles. The van der Waals surface area contributed by atoms with Gasteiger partial charge in [-0.15, -0.1) is 0 Å². The van der Waals surface area contributed by atoms with Gasteiger partial charge < -0.3 is 20.1 Å². The Balaban J connectivity index is 1.49. The van der Waals surface area contributed by atoms with Crippen molar-refractivity contribution < 1.29 is 32.4 Å². The number of ether oxygens (including phenoxy) is 2. The minimum atomic E-state index is -4.01. The van der Waals surface area contributed by atoms with Crippen molar-refractivity contribution in [2.75, 3.05) is 59.1 Å². The topological polar surface area (TPSA) is 160 Å². The lowest BCUT2D eigenvalue weighted by Gasteiger charge is -2.26. The molecule has 2 amide bonds. The second kappa shape index (κ2) is 10.8. The van der Waals surface area contributed by atoms with Crippen molar-refractivity contribution in [3.63, 3.8) is 0 Å². The number of sulfonamides is 1. The Labute approximate surface area is 184 Å². The molecule has 1 aromatic rings. The first-order valence-electron chi connectivity index (χ1n) is 10.0. The molecule has 1 aromatic carbocycles. The maximum absolute atomic E-state index is 12.9. The molecule has 3 rings (SSSR count). The fraction of sp³-hybridized carbons (Fsp3) is 0.556. The fourth-order valence-corrected chi connectivity index (χ4v) is 4.82. The van der Waals surface area contributed by atoms with Crippen LogP contribution in [0.2, 0.25) is 0 Å². The van der Waals surface area contributed by atoms with E-state index < -0.39 is 33.0 Å². The van der Waals surface area contributed by atoms with Crippen LogP contribution in [-0.2, 0) is 29.1 Å². The van der Waals surface area contributed by atoms with Gasteiger partial charge in [-0.2, -0.15) is 4.31 Å². The number of non-ortho nitro benzene ring substituents is 1. The molecule has 2 aliphatic rings. The number of rotatable bonds is 8. The summed E-state index contributed by atoms with van der Waals surface area (Å²) < 4.78 is 37.4. The molecule has 32 heavy (non-hydrogen) atoms. The lowest BCUT2D eigenvalue weighted by molar-refractivity contribution is -0.384. The average Bonchev–Trinajstić information content (AvgIpc) is 3.27. The monoisotopic (exact) mass is 471 g/mol. The van der Waals surface area contributed by atoms with Gasteiger partial charge in [0.1, 0.15) is 6.23 Å². The zero-order valence-electron chi connectivity index (χ0n) is 17.3. The van der Waals surface area contributed by atoms with E-state index >= 15 is 0 Å². The number of carbonyl (C=O) groups excluding carboxylic acids is 2. The average molecular weight is 471 g/mol. The van der Waals surface area contributed by atoms with Crippen LogP contribution in [0, 0.1) is 10.1 Å². The van der Waals surface area contributed by atoms with E-state index in [4.69, 9.17) is 9.47 Å². The molecule has 2 N–H and O–H groups in total. The minimum absolute atomic E-state index is 0.0472. The van der Waals surface area contributed by atoms with Gasteiger partial charge in [0.25, 0.3) is 5.69 Å². The highest BCUT2D eigenvalue weighted by atomic mass is 32.2. The summed E-state index contributed by atoms with van der Waals surface area (Å²) in [6.45, 7) is 3.62. The smallest absolute Gasteiger partial charge is 0.309 e. The summed E-state index contributed by atoms with van der Waals surface area (Å²) in [6.07, 6.45) is -1.000. The standard InChI is InChI=1S/C18H25N5O8S/c24-17(19-5-6-21-7-10-30-11-8-21)18(25)20-13-16-22(9-12-31-16)32(28,29)15-3-1-14(2-4-15)23(26)27/h1-4,16H,5-13H2,(H,19,24)(H,20,25)/t16-/m0/s1.